The molecule has 5 nitrogen and oxygen atoms in total. The van der Waals surface area contributed by atoms with E-state index in [9.17, 15) is 4.79 Å². The van der Waals surface area contributed by atoms with Crippen molar-refractivity contribution < 1.29 is 9.90 Å². The number of nitrogens with zero attached hydrogens (tertiary/aromatic N) is 2. The summed E-state index contributed by atoms with van der Waals surface area (Å²) in [4.78, 5) is 19.0. The number of carboxylic acids is 1. The van der Waals surface area contributed by atoms with Crippen molar-refractivity contribution in [3.63, 3.8) is 0 Å². The van der Waals surface area contributed by atoms with E-state index in [1.54, 1.807) is 18.3 Å². The molecule has 0 saturated carbocycles. The molecule has 0 amide bonds. The predicted molar refractivity (Wildman–Crippen MR) is 71.9 cm³/mol. The molecule has 0 aliphatic heterocycles. The van der Waals surface area contributed by atoms with E-state index in [1.165, 1.54) is 6.33 Å². The topological polar surface area (TPSA) is 75.1 Å². The predicted octanol–water partition coefficient (Wildman–Crippen LogP) is 2.60. The van der Waals surface area contributed by atoms with E-state index in [0.29, 0.717) is 6.42 Å². The molecule has 2 N–H and O–H groups in total. The molecular weight excluding hydrogens is 250 g/mol. The molecule has 2 rings (SSSR count). The molecule has 2 heterocycles. The van der Waals surface area contributed by atoms with Crippen LogP contribution in [0.1, 0.15) is 19.8 Å². The molecule has 0 spiro atoms. The van der Waals surface area contributed by atoms with Crippen LogP contribution in [0.3, 0.4) is 0 Å². The minimum absolute atomic E-state index is 0.293. The molecule has 6 heteroatoms. The summed E-state index contributed by atoms with van der Waals surface area (Å²) >= 11 is 1.60. The highest BCUT2D eigenvalue weighted by atomic mass is 32.1. The van der Waals surface area contributed by atoms with Gasteiger partial charge in [-0.2, -0.15) is 0 Å². The van der Waals surface area contributed by atoms with E-state index >= 15 is 0 Å². The molecule has 1 unspecified atom stereocenters. The fraction of sp³-hybridized carbons (Fsp3) is 0.417. The van der Waals surface area contributed by atoms with Gasteiger partial charge in [-0.1, -0.05) is 6.92 Å². The van der Waals surface area contributed by atoms with Crippen molar-refractivity contribution in [1.29, 1.82) is 0 Å². The van der Waals surface area contributed by atoms with Crippen LogP contribution < -0.4 is 5.32 Å². The Morgan fingerprint density at radius 2 is 2.39 bits per heavy atom. The number of thiophene rings is 1. The first-order valence-electron chi connectivity index (χ1n) is 5.83. The van der Waals surface area contributed by atoms with Gasteiger partial charge in [0.2, 0.25) is 0 Å². The maximum atomic E-state index is 10.7. The lowest BCUT2D eigenvalue weighted by molar-refractivity contribution is -0.141. The lowest BCUT2D eigenvalue weighted by atomic mass is 10.1. The first-order valence-corrected chi connectivity index (χ1v) is 6.71. The fourth-order valence-corrected chi connectivity index (χ4v) is 2.46. The van der Waals surface area contributed by atoms with Crippen LogP contribution in [0.15, 0.2) is 17.8 Å². The van der Waals surface area contributed by atoms with Gasteiger partial charge in [-0.3, -0.25) is 4.79 Å². The van der Waals surface area contributed by atoms with Gasteiger partial charge in [-0.05, 0) is 24.3 Å². The molecule has 0 aromatic carbocycles. The van der Waals surface area contributed by atoms with Gasteiger partial charge in [0.1, 0.15) is 12.1 Å². The van der Waals surface area contributed by atoms with Gasteiger partial charge < -0.3 is 10.4 Å². The summed E-state index contributed by atoms with van der Waals surface area (Å²) in [6.07, 6.45) is 3.02. The van der Waals surface area contributed by atoms with Gasteiger partial charge in [0.15, 0.2) is 0 Å². The second-order valence-electron chi connectivity index (χ2n) is 4.17. The maximum absolute atomic E-state index is 10.7. The van der Waals surface area contributed by atoms with Crippen LogP contribution in [0.25, 0.3) is 10.2 Å². The van der Waals surface area contributed by atoms with Crippen molar-refractivity contribution in [3.8, 4) is 0 Å². The number of aromatic nitrogens is 2. The number of carboxylic acid groups (broad SMARTS) is 1. The zero-order valence-corrected chi connectivity index (χ0v) is 10.9. The van der Waals surface area contributed by atoms with Crippen LogP contribution in [-0.4, -0.2) is 27.6 Å². The zero-order valence-electron chi connectivity index (χ0n) is 10.1. The van der Waals surface area contributed by atoms with E-state index in [2.05, 4.69) is 15.3 Å². The van der Waals surface area contributed by atoms with Crippen molar-refractivity contribution in [2.45, 2.75) is 19.8 Å². The van der Waals surface area contributed by atoms with Crippen molar-refractivity contribution in [2.24, 2.45) is 5.92 Å². The van der Waals surface area contributed by atoms with E-state index in [0.717, 1.165) is 29.0 Å². The van der Waals surface area contributed by atoms with Crippen LogP contribution >= 0.6 is 11.3 Å². The number of nitrogens with one attached hydrogen (secondary N) is 1. The molecule has 0 fully saturated rings. The summed E-state index contributed by atoms with van der Waals surface area (Å²) in [5.74, 6) is -0.199. The Hall–Kier alpha value is -1.69. The summed E-state index contributed by atoms with van der Waals surface area (Å²) in [7, 11) is 0. The molecule has 0 radical (unpaired) electrons. The number of carbonyl (C=O) groups is 1. The SMILES string of the molecule is CC(CCCNc1ncnc2ccsc12)C(=O)O. The Balaban J connectivity index is 1.87. The van der Waals surface area contributed by atoms with Crippen molar-refractivity contribution >= 4 is 33.3 Å². The van der Waals surface area contributed by atoms with Crippen LogP contribution in [0, 0.1) is 5.92 Å². The van der Waals surface area contributed by atoms with Crippen LogP contribution in [0.5, 0.6) is 0 Å². The highest BCUT2D eigenvalue weighted by Gasteiger charge is 2.10. The minimum atomic E-state index is -0.738. The molecule has 1 atom stereocenters. The van der Waals surface area contributed by atoms with Gasteiger partial charge in [0.05, 0.1) is 16.1 Å². The van der Waals surface area contributed by atoms with Crippen molar-refractivity contribution in [3.05, 3.63) is 17.8 Å². The largest absolute Gasteiger partial charge is 0.481 e. The zero-order chi connectivity index (χ0) is 13.0. The Labute approximate surface area is 109 Å². The highest BCUT2D eigenvalue weighted by molar-refractivity contribution is 7.17. The third-order valence-corrected chi connectivity index (χ3v) is 3.68. The van der Waals surface area contributed by atoms with Gasteiger partial charge in [0.25, 0.3) is 0 Å². The van der Waals surface area contributed by atoms with Crippen molar-refractivity contribution in [2.75, 3.05) is 11.9 Å². The van der Waals surface area contributed by atoms with Crippen LogP contribution in [0.2, 0.25) is 0 Å². The summed E-state index contributed by atoms with van der Waals surface area (Å²) in [5, 5.41) is 14.0. The number of rotatable bonds is 6. The maximum Gasteiger partial charge on any atom is 0.306 e. The lowest BCUT2D eigenvalue weighted by Crippen LogP contribution is -2.12. The Bertz CT molecular complexity index is 541. The standard InChI is InChI=1S/C12H15N3O2S/c1-8(12(16)17)3-2-5-13-11-10-9(4-6-18-10)14-7-15-11/h4,6-8H,2-3,5H2,1H3,(H,16,17)(H,13,14,15). The highest BCUT2D eigenvalue weighted by Crippen LogP contribution is 2.24. The average molecular weight is 265 g/mol. The van der Waals surface area contributed by atoms with Gasteiger partial charge in [-0.25, -0.2) is 9.97 Å². The van der Waals surface area contributed by atoms with Crippen LogP contribution in [-0.2, 0) is 4.79 Å². The molecule has 2 aromatic heterocycles. The second-order valence-corrected chi connectivity index (χ2v) is 5.08. The number of fused-ring (bicyclic) bond motifs is 1. The van der Waals surface area contributed by atoms with Gasteiger partial charge >= 0.3 is 5.97 Å². The van der Waals surface area contributed by atoms with Gasteiger partial charge in [0, 0.05) is 6.54 Å². The summed E-state index contributed by atoms with van der Waals surface area (Å²) in [6, 6.07) is 1.96. The number of anilines is 1. The minimum Gasteiger partial charge on any atom is -0.481 e. The molecule has 96 valence electrons. The first kappa shape index (κ1) is 12.8. The third-order valence-electron chi connectivity index (χ3n) is 2.77. The number of hydrogen-bond donors (Lipinski definition) is 2. The summed E-state index contributed by atoms with van der Waals surface area (Å²) in [6.45, 7) is 2.45. The Morgan fingerprint density at radius 3 is 3.17 bits per heavy atom. The molecule has 18 heavy (non-hydrogen) atoms. The molecule has 2 aromatic rings. The second kappa shape index (κ2) is 5.77. The van der Waals surface area contributed by atoms with E-state index in [-0.39, 0.29) is 5.92 Å². The van der Waals surface area contributed by atoms with E-state index in [1.807, 2.05) is 11.4 Å². The molecule has 0 aliphatic rings. The molecule has 0 aliphatic carbocycles. The molecule has 0 saturated heterocycles. The fourth-order valence-electron chi connectivity index (χ4n) is 1.65. The number of hydrogen-bond acceptors (Lipinski definition) is 5. The third kappa shape index (κ3) is 2.95. The lowest BCUT2D eigenvalue weighted by Gasteiger charge is -2.08. The Kier molecular flexibility index (Phi) is 4.09. The first-order chi connectivity index (χ1) is 8.68. The van der Waals surface area contributed by atoms with E-state index < -0.39 is 5.97 Å². The quantitative estimate of drug-likeness (QED) is 0.785. The Morgan fingerprint density at radius 1 is 1.56 bits per heavy atom. The monoisotopic (exact) mass is 265 g/mol. The van der Waals surface area contributed by atoms with Crippen LogP contribution in [0.4, 0.5) is 5.82 Å². The number of aliphatic carboxylic acids is 1. The molecular formula is C12H15N3O2S. The van der Waals surface area contributed by atoms with Gasteiger partial charge in [-0.15, -0.1) is 11.3 Å². The normalized spacial score (nSPS) is 12.5. The van der Waals surface area contributed by atoms with E-state index in [4.69, 9.17) is 5.11 Å². The summed E-state index contributed by atoms with van der Waals surface area (Å²) < 4.78 is 1.05. The smallest absolute Gasteiger partial charge is 0.306 e. The summed E-state index contributed by atoms with van der Waals surface area (Å²) in [5.41, 5.74) is 0.941. The van der Waals surface area contributed by atoms with Crippen molar-refractivity contribution in [1.82, 2.24) is 9.97 Å². The average Bonchev–Trinajstić information content (AvgIpc) is 2.83. The molecule has 0 bridgehead atoms.